The molecule has 104 valence electrons. The number of nitrogens with zero attached hydrogens (tertiary/aromatic N) is 1. The molecule has 0 aliphatic rings. The Morgan fingerprint density at radius 3 is 2.83 bits per heavy atom. The fourth-order valence-electron chi connectivity index (χ4n) is 1.66. The van der Waals surface area contributed by atoms with Gasteiger partial charge in [0.1, 0.15) is 10.6 Å². The second-order valence-corrected chi connectivity index (χ2v) is 5.19. The van der Waals surface area contributed by atoms with Crippen molar-refractivity contribution in [1.82, 2.24) is 10.3 Å². The van der Waals surface area contributed by atoms with Crippen LogP contribution in [0.3, 0.4) is 0 Å². The second-order valence-electron chi connectivity index (χ2n) is 4.33. The molecule has 4 nitrogen and oxygen atoms in total. The Morgan fingerprint density at radius 1 is 1.44 bits per heavy atom. The predicted molar refractivity (Wildman–Crippen MR) is 75.0 cm³/mol. The molecule has 0 bridgehead atoms. The molecular weight excluding hydrogens is 248 g/mol. The molecule has 18 heavy (non-hydrogen) atoms. The van der Waals surface area contributed by atoms with Gasteiger partial charge < -0.3 is 14.8 Å². The van der Waals surface area contributed by atoms with E-state index < -0.39 is 0 Å². The van der Waals surface area contributed by atoms with Gasteiger partial charge in [-0.25, -0.2) is 4.98 Å². The first-order chi connectivity index (χ1) is 8.66. The van der Waals surface area contributed by atoms with Crippen LogP contribution in [0.4, 0.5) is 0 Å². The number of nitrogens with one attached hydrogen (secondary N) is 1. The van der Waals surface area contributed by atoms with Crippen molar-refractivity contribution in [2.75, 3.05) is 26.9 Å². The summed E-state index contributed by atoms with van der Waals surface area (Å²) in [5, 5.41) is 6.46. The van der Waals surface area contributed by atoms with Crippen LogP contribution in [0.2, 0.25) is 0 Å². The highest BCUT2D eigenvalue weighted by molar-refractivity contribution is 7.09. The van der Waals surface area contributed by atoms with E-state index in [9.17, 15) is 0 Å². The van der Waals surface area contributed by atoms with Crippen LogP contribution in [-0.4, -0.2) is 31.9 Å². The number of hydrogen-bond acceptors (Lipinski definition) is 5. The summed E-state index contributed by atoms with van der Waals surface area (Å²) >= 11 is 1.68. The minimum atomic E-state index is -0.246. The van der Waals surface area contributed by atoms with Gasteiger partial charge in [-0.1, -0.05) is 6.92 Å². The van der Waals surface area contributed by atoms with Crippen molar-refractivity contribution in [3.8, 4) is 0 Å². The van der Waals surface area contributed by atoms with Crippen molar-refractivity contribution in [2.45, 2.75) is 39.3 Å². The Morgan fingerprint density at radius 2 is 2.22 bits per heavy atom. The number of rotatable bonds is 9. The molecule has 5 heteroatoms. The van der Waals surface area contributed by atoms with E-state index >= 15 is 0 Å². The maximum atomic E-state index is 5.83. The van der Waals surface area contributed by atoms with Crippen LogP contribution >= 0.6 is 11.3 Å². The average molecular weight is 272 g/mol. The Hall–Kier alpha value is -0.490. The van der Waals surface area contributed by atoms with Crippen molar-refractivity contribution in [3.05, 3.63) is 16.1 Å². The van der Waals surface area contributed by atoms with Crippen LogP contribution in [0.15, 0.2) is 5.38 Å². The maximum Gasteiger partial charge on any atom is 0.125 e. The third-order valence-corrected chi connectivity index (χ3v) is 4.07. The summed E-state index contributed by atoms with van der Waals surface area (Å²) in [6.45, 7) is 9.33. The first-order valence-electron chi connectivity index (χ1n) is 6.44. The summed E-state index contributed by atoms with van der Waals surface area (Å²) in [6.07, 6.45) is 0.935. The molecule has 0 saturated heterocycles. The Balaban J connectivity index is 2.55. The monoisotopic (exact) mass is 272 g/mol. The van der Waals surface area contributed by atoms with Gasteiger partial charge in [0.2, 0.25) is 0 Å². The van der Waals surface area contributed by atoms with Gasteiger partial charge in [-0.15, -0.1) is 11.3 Å². The van der Waals surface area contributed by atoms with Gasteiger partial charge in [0.25, 0.3) is 0 Å². The lowest BCUT2D eigenvalue weighted by Gasteiger charge is -2.25. The van der Waals surface area contributed by atoms with Crippen LogP contribution in [-0.2, 0) is 21.6 Å². The van der Waals surface area contributed by atoms with Gasteiger partial charge in [0, 0.05) is 32.2 Å². The fourth-order valence-corrected chi connectivity index (χ4v) is 2.66. The highest BCUT2D eigenvalue weighted by Crippen LogP contribution is 2.31. The van der Waals surface area contributed by atoms with Gasteiger partial charge in [0.15, 0.2) is 0 Å². The van der Waals surface area contributed by atoms with E-state index in [1.165, 1.54) is 0 Å². The average Bonchev–Trinajstić information content (AvgIpc) is 2.84. The summed E-state index contributed by atoms with van der Waals surface area (Å²) in [5.74, 6) is 0. The van der Waals surface area contributed by atoms with Crippen molar-refractivity contribution in [3.63, 3.8) is 0 Å². The number of thiazole rings is 1. The summed E-state index contributed by atoms with van der Waals surface area (Å²) in [4.78, 5) is 4.66. The van der Waals surface area contributed by atoms with Gasteiger partial charge >= 0.3 is 0 Å². The number of methoxy groups -OCH3 is 1. The van der Waals surface area contributed by atoms with Crippen molar-refractivity contribution in [1.29, 1.82) is 0 Å². The molecule has 0 aromatic carbocycles. The fraction of sp³-hybridized carbons (Fsp3) is 0.769. The quantitative estimate of drug-likeness (QED) is 0.702. The zero-order valence-corrected chi connectivity index (χ0v) is 12.6. The lowest BCUT2D eigenvalue weighted by atomic mass is 10.0. The Kier molecular flexibility index (Phi) is 6.78. The van der Waals surface area contributed by atoms with Crippen LogP contribution in [0.1, 0.15) is 37.9 Å². The highest BCUT2D eigenvalue weighted by Gasteiger charge is 2.28. The molecule has 1 N–H and O–H groups in total. The number of ether oxygens (including phenoxy) is 2. The Labute approximate surface area is 114 Å². The Bertz CT molecular complexity index is 343. The van der Waals surface area contributed by atoms with Crippen LogP contribution in [0.25, 0.3) is 0 Å². The molecule has 1 atom stereocenters. The van der Waals surface area contributed by atoms with Crippen LogP contribution in [0.5, 0.6) is 0 Å². The molecule has 0 amide bonds. The van der Waals surface area contributed by atoms with E-state index in [4.69, 9.17) is 9.47 Å². The standard InChI is InChI=1S/C13H24N2O2S/c1-5-13(3,17-6-2)12-15-11(10-18-12)9-14-7-8-16-4/h10,14H,5-9H2,1-4H3. The number of aromatic nitrogens is 1. The molecule has 1 aromatic heterocycles. The molecule has 1 unspecified atom stereocenters. The van der Waals surface area contributed by atoms with E-state index in [2.05, 4.69) is 29.5 Å². The van der Waals surface area contributed by atoms with Crippen molar-refractivity contribution >= 4 is 11.3 Å². The summed E-state index contributed by atoms with van der Waals surface area (Å²) in [6, 6.07) is 0. The zero-order chi connectivity index (χ0) is 13.4. The minimum Gasteiger partial charge on any atom is -0.383 e. The highest BCUT2D eigenvalue weighted by atomic mass is 32.1. The van der Waals surface area contributed by atoms with E-state index in [-0.39, 0.29) is 5.60 Å². The third-order valence-electron chi connectivity index (χ3n) is 2.93. The first-order valence-corrected chi connectivity index (χ1v) is 7.32. The van der Waals surface area contributed by atoms with Gasteiger partial charge in [0.05, 0.1) is 12.3 Å². The lowest BCUT2D eigenvalue weighted by Crippen LogP contribution is -2.25. The summed E-state index contributed by atoms with van der Waals surface area (Å²) in [5.41, 5.74) is 0.829. The van der Waals surface area contributed by atoms with E-state index in [0.29, 0.717) is 6.61 Å². The van der Waals surface area contributed by atoms with E-state index in [0.717, 1.165) is 36.8 Å². The molecule has 0 aliphatic carbocycles. The molecular formula is C13H24N2O2S. The molecule has 1 rings (SSSR count). The second kappa shape index (κ2) is 7.84. The van der Waals surface area contributed by atoms with Gasteiger partial charge in [-0.2, -0.15) is 0 Å². The number of hydrogen-bond donors (Lipinski definition) is 1. The van der Waals surface area contributed by atoms with Crippen molar-refractivity contribution in [2.24, 2.45) is 0 Å². The molecule has 0 aliphatic heterocycles. The van der Waals surface area contributed by atoms with E-state index in [1.807, 2.05) is 6.92 Å². The molecule has 0 saturated carbocycles. The normalized spacial score (nSPS) is 14.7. The first kappa shape index (κ1) is 15.6. The largest absolute Gasteiger partial charge is 0.383 e. The van der Waals surface area contributed by atoms with Crippen LogP contribution in [0, 0.1) is 0 Å². The molecule has 0 radical (unpaired) electrons. The van der Waals surface area contributed by atoms with Crippen LogP contribution < -0.4 is 5.32 Å². The topological polar surface area (TPSA) is 43.4 Å². The zero-order valence-electron chi connectivity index (χ0n) is 11.8. The van der Waals surface area contributed by atoms with Gasteiger partial charge in [-0.05, 0) is 20.3 Å². The van der Waals surface area contributed by atoms with Crippen molar-refractivity contribution < 1.29 is 9.47 Å². The smallest absolute Gasteiger partial charge is 0.125 e. The minimum absolute atomic E-state index is 0.246. The molecule has 0 spiro atoms. The molecule has 0 fully saturated rings. The predicted octanol–water partition coefficient (Wildman–Crippen LogP) is 2.54. The summed E-state index contributed by atoms with van der Waals surface area (Å²) in [7, 11) is 1.71. The molecule has 1 heterocycles. The lowest BCUT2D eigenvalue weighted by molar-refractivity contribution is -0.0325. The summed E-state index contributed by atoms with van der Waals surface area (Å²) < 4.78 is 10.8. The SMILES string of the molecule is CCOC(C)(CC)c1nc(CNCCOC)cs1. The van der Waals surface area contributed by atoms with Gasteiger partial charge in [-0.3, -0.25) is 0 Å². The maximum absolute atomic E-state index is 5.83. The van der Waals surface area contributed by atoms with E-state index in [1.54, 1.807) is 18.4 Å². The third kappa shape index (κ3) is 4.31. The molecule has 1 aromatic rings.